The highest BCUT2D eigenvalue weighted by molar-refractivity contribution is 6.48. The molecule has 2 saturated heterocycles. The van der Waals surface area contributed by atoms with Crippen molar-refractivity contribution >= 4 is 17.5 Å². The molecule has 4 aliphatic rings. The van der Waals surface area contributed by atoms with Crippen molar-refractivity contribution in [2.75, 3.05) is 0 Å². The summed E-state index contributed by atoms with van der Waals surface area (Å²) in [5, 5.41) is 10.2. The number of Topliss-reactive ketones (excluding diaryl/α,β-unsaturated/α-hetero) is 1. The van der Waals surface area contributed by atoms with Crippen molar-refractivity contribution in [3.8, 4) is 0 Å². The van der Waals surface area contributed by atoms with Gasteiger partial charge in [0.1, 0.15) is 11.9 Å². The number of fused-ring (bicyclic) bond motifs is 1. The molecule has 2 aliphatic carbocycles. The van der Waals surface area contributed by atoms with Gasteiger partial charge in [0.15, 0.2) is 11.7 Å². The Labute approximate surface area is 126 Å². The zero-order valence-corrected chi connectivity index (χ0v) is 11.9. The smallest absolute Gasteiger partial charge is 0.342 e. The highest BCUT2D eigenvalue weighted by Crippen LogP contribution is 2.53. The highest BCUT2D eigenvalue weighted by Gasteiger charge is 2.73. The molecule has 0 aromatic heterocycles. The number of esters is 1. The standard InChI is InChI=1S/C16H14O6/c1-7-3-2-4-16-14(22-16)13(21-15(16)20)11-8(5-7)12(19)10(18)6-9(11)17/h3,6,13-14,17H,2,4-5H2,1H3/t13-,14-,16-/m0/s1. The summed E-state index contributed by atoms with van der Waals surface area (Å²) < 4.78 is 10.9. The van der Waals surface area contributed by atoms with E-state index in [9.17, 15) is 19.5 Å². The lowest BCUT2D eigenvalue weighted by molar-refractivity contribution is -0.152. The Bertz CT molecular complexity index is 725. The minimum atomic E-state index is -0.957. The van der Waals surface area contributed by atoms with Crippen LogP contribution in [0, 0.1) is 0 Å². The molecule has 2 aliphatic heterocycles. The van der Waals surface area contributed by atoms with Crippen molar-refractivity contribution in [3.63, 3.8) is 0 Å². The first kappa shape index (κ1) is 13.5. The Kier molecular flexibility index (Phi) is 2.55. The summed E-state index contributed by atoms with van der Waals surface area (Å²) in [5.41, 5.74) is 0.370. The summed E-state index contributed by atoms with van der Waals surface area (Å²) >= 11 is 0. The van der Waals surface area contributed by atoms with E-state index in [0.29, 0.717) is 12.8 Å². The Morgan fingerprint density at radius 2 is 2.09 bits per heavy atom. The van der Waals surface area contributed by atoms with Gasteiger partial charge in [0, 0.05) is 17.2 Å². The predicted octanol–water partition coefficient (Wildman–Crippen LogP) is 1.07. The third-order valence-corrected chi connectivity index (χ3v) is 4.71. The van der Waals surface area contributed by atoms with E-state index < -0.39 is 35.3 Å². The molecule has 2 fully saturated rings. The second-order valence-corrected chi connectivity index (χ2v) is 6.13. The lowest BCUT2D eigenvalue weighted by Crippen LogP contribution is -2.30. The largest absolute Gasteiger partial charge is 0.507 e. The number of ketones is 2. The maximum Gasteiger partial charge on any atom is 0.342 e. The van der Waals surface area contributed by atoms with Gasteiger partial charge in [-0.25, -0.2) is 4.79 Å². The normalized spacial score (nSPS) is 37.0. The molecular formula is C16H14O6. The third-order valence-electron chi connectivity index (χ3n) is 4.71. The number of aliphatic hydroxyl groups is 1. The number of carbonyl (C=O) groups is 3. The van der Waals surface area contributed by atoms with E-state index in [1.165, 1.54) is 0 Å². The molecule has 0 saturated carbocycles. The molecule has 0 amide bonds. The van der Waals surface area contributed by atoms with Crippen molar-refractivity contribution in [3.05, 3.63) is 34.6 Å². The topological polar surface area (TPSA) is 93.2 Å². The summed E-state index contributed by atoms with van der Waals surface area (Å²) in [5.74, 6) is -2.18. The van der Waals surface area contributed by atoms with Crippen LogP contribution in [0.25, 0.3) is 0 Å². The number of epoxide rings is 1. The van der Waals surface area contributed by atoms with Crippen LogP contribution in [-0.4, -0.2) is 40.5 Å². The SMILES string of the molecule is CC1=CCC[C@]23O[C@H]2[C@@H](OC3=O)C2=C(C1)C(=O)C(=O)C=C2O. The van der Waals surface area contributed by atoms with E-state index in [-0.39, 0.29) is 23.3 Å². The van der Waals surface area contributed by atoms with Crippen LogP contribution in [0.3, 0.4) is 0 Å². The average molecular weight is 302 g/mol. The van der Waals surface area contributed by atoms with Crippen LogP contribution in [0.4, 0.5) is 0 Å². The van der Waals surface area contributed by atoms with Crippen LogP contribution < -0.4 is 0 Å². The number of carbonyl (C=O) groups excluding carboxylic acids is 3. The molecule has 2 bridgehead atoms. The molecule has 0 aromatic rings. The molecule has 0 radical (unpaired) electrons. The molecule has 114 valence electrons. The lowest BCUT2D eigenvalue weighted by atomic mass is 9.83. The first-order valence-corrected chi connectivity index (χ1v) is 7.21. The Morgan fingerprint density at radius 1 is 1.32 bits per heavy atom. The Balaban J connectivity index is 1.89. The van der Waals surface area contributed by atoms with Gasteiger partial charge in [-0.05, 0) is 26.2 Å². The molecule has 6 nitrogen and oxygen atoms in total. The lowest BCUT2D eigenvalue weighted by Gasteiger charge is -2.22. The number of aliphatic hydroxyl groups excluding tert-OH is 1. The molecule has 3 atom stereocenters. The molecule has 0 unspecified atom stereocenters. The summed E-state index contributed by atoms with van der Waals surface area (Å²) in [4.78, 5) is 36.0. The Morgan fingerprint density at radius 3 is 2.82 bits per heavy atom. The van der Waals surface area contributed by atoms with Gasteiger partial charge >= 0.3 is 5.97 Å². The van der Waals surface area contributed by atoms with Crippen molar-refractivity contribution in [2.45, 2.75) is 44.0 Å². The number of allylic oxidation sites excluding steroid dienone is 4. The molecule has 6 heteroatoms. The highest BCUT2D eigenvalue weighted by atomic mass is 16.7. The average Bonchev–Trinajstić information content (AvgIpc) is 3.12. The third kappa shape index (κ3) is 1.61. The zero-order valence-electron chi connectivity index (χ0n) is 11.9. The monoisotopic (exact) mass is 302 g/mol. The maximum absolute atomic E-state index is 12.2. The van der Waals surface area contributed by atoms with Crippen molar-refractivity contribution in [1.29, 1.82) is 0 Å². The van der Waals surface area contributed by atoms with Gasteiger partial charge in [0.05, 0.1) is 0 Å². The molecule has 0 aromatic carbocycles. The molecule has 4 rings (SSSR count). The molecule has 22 heavy (non-hydrogen) atoms. The van der Waals surface area contributed by atoms with Gasteiger partial charge in [-0.2, -0.15) is 0 Å². The number of ether oxygens (including phenoxy) is 2. The summed E-state index contributed by atoms with van der Waals surface area (Å²) in [6, 6.07) is 0. The molecule has 1 N–H and O–H groups in total. The Hall–Kier alpha value is -2.21. The fourth-order valence-corrected chi connectivity index (χ4v) is 3.52. The van der Waals surface area contributed by atoms with Gasteiger partial charge in [0.25, 0.3) is 0 Å². The quantitative estimate of drug-likeness (QED) is 0.236. The molecule has 0 spiro atoms. The van der Waals surface area contributed by atoms with Gasteiger partial charge in [-0.15, -0.1) is 0 Å². The maximum atomic E-state index is 12.2. The van der Waals surface area contributed by atoms with Crippen LogP contribution in [0.1, 0.15) is 26.2 Å². The van der Waals surface area contributed by atoms with Crippen LogP contribution in [0.5, 0.6) is 0 Å². The van der Waals surface area contributed by atoms with Crippen molar-refractivity contribution in [2.24, 2.45) is 0 Å². The first-order valence-electron chi connectivity index (χ1n) is 7.21. The van der Waals surface area contributed by atoms with E-state index in [4.69, 9.17) is 9.47 Å². The summed E-state index contributed by atoms with van der Waals surface area (Å²) in [6.07, 6.45) is 2.92. The first-order chi connectivity index (χ1) is 10.4. The minimum absolute atomic E-state index is 0.199. The predicted molar refractivity (Wildman–Crippen MR) is 72.8 cm³/mol. The van der Waals surface area contributed by atoms with Gasteiger partial charge < -0.3 is 14.6 Å². The van der Waals surface area contributed by atoms with E-state index in [1.54, 1.807) is 0 Å². The summed E-state index contributed by atoms with van der Waals surface area (Å²) in [7, 11) is 0. The fourth-order valence-electron chi connectivity index (χ4n) is 3.52. The van der Waals surface area contributed by atoms with Gasteiger partial charge in [0.2, 0.25) is 11.6 Å². The molecular weight excluding hydrogens is 288 g/mol. The van der Waals surface area contributed by atoms with Gasteiger partial charge in [-0.3, -0.25) is 9.59 Å². The number of hydrogen-bond donors (Lipinski definition) is 1. The van der Waals surface area contributed by atoms with Crippen LogP contribution in [0.2, 0.25) is 0 Å². The van der Waals surface area contributed by atoms with Crippen molar-refractivity contribution < 1.29 is 29.0 Å². The van der Waals surface area contributed by atoms with Crippen LogP contribution in [-0.2, 0) is 23.9 Å². The van der Waals surface area contributed by atoms with E-state index >= 15 is 0 Å². The number of hydrogen-bond acceptors (Lipinski definition) is 6. The van der Waals surface area contributed by atoms with Crippen LogP contribution >= 0.6 is 0 Å². The fraction of sp³-hybridized carbons (Fsp3) is 0.438. The minimum Gasteiger partial charge on any atom is -0.507 e. The van der Waals surface area contributed by atoms with E-state index in [2.05, 4.69) is 0 Å². The van der Waals surface area contributed by atoms with Gasteiger partial charge in [-0.1, -0.05) is 11.6 Å². The second kappa shape index (κ2) is 4.16. The van der Waals surface area contributed by atoms with E-state index in [0.717, 1.165) is 11.6 Å². The van der Waals surface area contributed by atoms with Crippen LogP contribution in [0.15, 0.2) is 34.6 Å². The van der Waals surface area contributed by atoms with Crippen molar-refractivity contribution in [1.82, 2.24) is 0 Å². The summed E-state index contributed by atoms with van der Waals surface area (Å²) in [6.45, 7) is 1.85. The zero-order chi connectivity index (χ0) is 15.6. The second-order valence-electron chi connectivity index (χ2n) is 6.13. The molecule has 2 heterocycles. The van der Waals surface area contributed by atoms with E-state index in [1.807, 2.05) is 13.0 Å². The number of rotatable bonds is 0.